The SMILES string of the molecule is OC(c1cncc(F)c1)c1cccc2c1NCC2. The molecular formula is C14H13FN2O. The van der Waals surface area contributed by atoms with Gasteiger partial charge in [-0.1, -0.05) is 18.2 Å². The van der Waals surface area contributed by atoms with Crippen LogP contribution in [0.1, 0.15) is 22.8 Å². The molecule has 0 bridgehead atoms. The van der Waals surface area contributed by atoms with Crippen LogP contribution in [0.15, 0.2) is 36.7 Å². The third kappa shape index (κ3) is 1.84. The summed E-state index contributed by atoms with van der Waals surface area (Å²) >= 11 is 0. The van der Waals surface area contributed by atoms with E-state index in [4.69, 9.17) is 0 Å². The summed E-state index contributed by atoms with van der Waals surface area (Å²) in [5, 5.41) is 13.6. The molecule has 0 aliphatic carbocycles. The van der Waals surface area contributed by atoms with Crippen molar-refractivity contribution in [1.29, 1.82) is 0 Å². The molecule has 3 rings (SSSR count). The van der Waals surface area contributed by atoms with E-state index in [0.29, 0.717) is 5.56 Å². The van der Waals surface area contributed by atoms with Crippen molar-refractivity contribution in [2.45, 2.75) is 12.5 Å². The zero-order valence-electron chi connectivity index (χ0n) is 9.73. The minimum atomic E-state index is -0.853. The number of nitrogens with one attached hydrogen (secondary N) is 1. The fraction of sp³-hybridized carbons (Fsp3) is 0.214. The third-order valence-corrected chi connectivity index (χ3v) is 3.22. The van der Waals surface area contributed by atoms with Crippen molar-refractivity contribution in [2.75, 3.05) is 11.9 Å². The monoisotopic (exact) mass is 244 g/mol. The van der Waals surface area contributed by atoms with Crippen LogP contribution in [-0.2, 0) is 6.42 Å². The van der Waals surface area contributed by atoms with E-state index in [9.17, 15) is 9.50 Å². The molecule has 2 aromatic rings. The smallest absolute Gasteiger partial charge is 0.141 e. The van der Waals surface area contributed by atoms with Crippen molar-refractivity contribution in [3.05, 3.63) is 59.2 Å². The van der Waals surface area contributed by atoms with Crippen molar-refractivity contribution in [2.24, 2.45) is 0 Å². The first-order chi connectivity index (χ1) is 8.75. The molecule has 1 aromatic heterocycles. The maximum absolute atomic E-state index is 13.1. The van der Waals surface area contributed by atoms with E-state index < -0.39 is 11.9 Å². The van der Waals surface area contributed by atoms with Gasteiger partial charge in [-0.05, 0) is 18.1 Å². The van der Waals surface area contributed by atoms with E-state index in [1.165, 1.54) is 17.8 Å². The molecule has 3 nitrogen and oxygen atoms in total. The number of benzene rings is 1. The van der Waals surface area contributed by atoms with E-state index in [1.54, 1.807) is 0 Å². The molecule has 0 spiro atoms. The number of aliphatic hydroxyl groups excluding tert-OH is 1. The minimum Gasteiger partial charge on any atom is -0.384 e. The second-order valence-corrected chi connectivity index (χ2v) is 4.40. The summed E-state index contributed by atoms with van der Waals surface area (Å²) in [6.45, 7) is 0.875. The molecule has 0 radical (unpaired) electrons. The summed E-state index contributed by atoms with van der Waals surface area (Å²) in [4.78, 5) is 3.77. The van der Waals surface area contributed by atoms with Crippen LogP contribution in [0.3, 0.4) is 0 Å². The fourth-order valence-electron chi connectivity index (χ4n) is 2.35. The predicted octanol–water partition coefficient (Wildman–Crippen LogP) is 2.27. The van der Waals surface area contributed by atoms with Crippen LogP contribution >= 0.6 is 0 Å². The normalized spacial score (nSPS) is 15.0. The average Bonchev–Trinajstić information content (AvgIpc) is 2.86. The van der Waals surface area contributed by atoms with Gasteiger partial charge in [0.25, 0.3) is 0 Å². The molecule has 18 heavy (non-hydrogen) atoms. The van der Waals surface area contributed by atoms with Gasteiger partial charge in [-0.25, -0.2) is 4.39 Å². The highest BCUT2D eigenvalue weighted by molar-refractivity contribution is 5.63. The fourth-order valence-corrected chi connectivity index (χ4v) is 2.35. The molecule has 1 aliphatic rings. The highest BCUT2D eigenvalue weighted by Gasteiger charge is 2.20. The lowest BCUT2D eigenvalue weighted by Gasteiger charge is -2.15. The second-order valence-electron chi connectivity index (χ2n) is 4.40. The molecule has 2 heterocycles. The zero-order valence-corrected chi connectivity index (χ0v) is 9.73. The summed E-state index contributed by atoms with van der Waals surface area (Å²) in [7, 11) is 0. The molecule has 0 saturated heterocycles. The Morgan fingerprint density at radius 2 is 2.22 bits per heavy atom. The Labute approximate surface area is 104 Å². The number of anilines is 1. The van der Waals surface area contributed by atoms with E-state index in [2.05, 4.69) is 10.3 Å². The van der Waals surface area contributed by atoms with Gasteiger partial charge in [-0.2, -0.15) is 0 Å². The van der Waals surface area contributed by atoms with Crippen molar-refractivity contribution in [3.63, 3.8) is 0 Å². The lowest BCUT2D eigenvalue weighted by molar-refractivity contribution is 0.220. The van der Waals surface area contributed by atoms with E-state index in [-0.39, 0.29) is 0 Å². The topological polar surface area (TPSA) is 45.2 Å². The van der Waals surface area contributed by atoms with E-state index >= 15 is 0 Å². The number of pyridine rings is 1. The summed E-state index contributed by atoms with van der Waals surface area (Å²) in [6, 6.07) is 7.12. The molecule has 1 atom stereocenters. The maximum atomic E-state index is 13.1. The number of nitrogens with zero attached hydrogens (tertiary/aromatic N) is 1. The van der Waals surface area contributed by atoms with Gasteiger partial charge in [-0.15, -0.1) is 0 Å². The second kappa shape index (κ2) is 4.38. The molecular weight excluding hydrogens is 231 g/mol. The van der Waals surface area contributed by atoms with Crippen LogP contribution in [0.25, 0.3) is 0 Å². The van der Waals surface area contributed by atoms with Gasteiger partial charge >= 0.3 is 0 Å². The quantitative estimate of drug-likeness (QED) is 0.851. The molecule has 1 aliphatic heterocycles. The van der Waals surface area contributed by atoms with Crippen LogP contribution in [0, 0.1) is 5.82 Å². The number of hydrogen-bond acceptors (Lipinski definition) is 3. The Morgan fingerprint density at radius 1 is 1.33 bits per heavy atom. The summed E-state index contributed by atoms with van der Waals surface area (Å²) in [5.41, 5.74) is 3.40. The zero-order chi connectivity index (χ0) is 12.5. The van der Waals surface area contributed by atoms with Crippen molar-refractivity contribution >= 4 is 5.69 Å². The van der Waals surface area contributed by atoms with Crippen molar-refractivity contribution < 1.29 is 9.50 Å². The molecule has 0 amide bonds. The number of halogens is 1. The average molecular weight is 244 g/mol. The number of hydrogen-bond donors (Lipinski definition) is 2. The Hall–Kier alpha value is -1.94. The highest BCUT2D eigenvalue weighted by atomic mass is 19.1. The highest BCUT2D eigenvalue weighted by Crippen LogP contribution is 2.33. The number of rotatable bonds is 2. The molecule has 4 heteroatoms. The van der Waals surface area contributed by atoms with Gasteiger partial charge in [-0.3, -0.25) is 4.98 Å². The Morgan fingerprint density at radius 3 is 3.06 bits per heavy atom. The van der Waals surface area contributed by atoms with Gasteiger partial charge in [0, 0.05) is 29.6 Å². The molecule has 0 fully saturated rings. The molecule has 92 valence electrons. The van der Waals surface area contributed by atoms with Gasteiger partial charge in [0.1, 0.15) is 11.9 Å². The van der Waals surface area contributed by atoms with Crippen molar-refractivity contribution in [3.8, 4) is 0 Å². The van der Waals surface area contributed by atoms with Gasteiger partial charge in [0.05, 0.1) is 6.20 Å². The van der Waals surface area contributed by atoms with Crippen LogP contribution in [-0.4, -0.2) is 16.6 Å². The van der Waals surface area contributed by atoms with Gasteiger partial charge < -0.3 is 10.4 Å². The van der Waals surface area contributed by atoms with Crippen LogP contribution < -0.4 is 5.32 Å². The van der Waals surface area contributed by atoms with Crippen LogP contribution in [0.2, 0.25) is 0 Å². The standard InChI is InChI=1S/C14H13FN2O/c15-11-6-10(7-16-8-11)14(18)12-3-1-2-9-4-5-17-13(9)12/h1-3,6-8,14,17-18H,4-5H2. The molecule has 2 N–H and O–H groups in total. The Kier molecular flexibility index (Phi) is 2.72. The maximum Gasteiger partial charge on any atom is 0.141 e. The first-order valence-corrected chi connectivity index (χ1v) is 5.90. The van der Waals surface area contributed by atoms with Gasteiger partial charge in [0.2, 0.25) is 0 Å². The number of aliphatic hydroxyl groups is 1. The molecule has 0 saturated carbocycles. The minimum absolute atomic E-state index is 0.438. The van der Waals surface area contributed by atoms with Crippen molar-refractivity contribution in [1.82, 2.24) is 4.98 Å². The summed E-state index contributed by atoms with van der Waals surface area (Å²) in [6.07, 6.45) is 2.72. The lowest BCUT2D eigenvalue weighted by Crippen LogP contribution is -2.04. The van der Waals surface area contributed by atoms with Crippen LogP contribution in [0.5, 0.6) is 0 Å². The first-order valence-electron chi connectivity index (χ1n) is 5.90. The van der Waals surface area contributed by atoms with E-state index in [1.807, 2.05) is 18.2 Å². The first kappa shape index (κ1) is 11.2. The molecule has 1 aromatic carbocycles. The molecule has 1 unspecified atom stereocenters. The number of para-hydroxylation sites is 1. The summed E-state index contributed by atoms with van der Waals surface area (Å²) < 4.78 is 13.1. The lowest BCUT2D eigenvalue weighted by atomic mass is 9.99. The number of fused-ring (bicyclic) bond motifs is 1. The largest absolute Gasteiger partial charge is 0.384 e. The Bertz CT molecular complexity index is 586. The van der Waals surface area contributed by atoms with Gasteiger partial charge in [0.15, 0.2) is 0 Å². The number of aromatic nitrogens is 1. The Balaban J connectivity index is 2.03. The summed E-state index contributed by atoms with van der Waals surface area (Å²) in [5.74, 6) is -0.438. The third-order valence-electron chi connectivity index (χ3n) is 3.22. The van der Waals surface area contributed by atoms with Crippen LogP contribution in [0.4, 0.5) is 10.1 Å². The predicted molar refractivity (Wildman–Crippen MR) is 66.9 cm³/mol. The van der Waals surface area contributed by atoms with E-state index in [0.717, 1.165) is 30.4 Å².